The molecule has 2 aromatic carbocycles. The van der Waals surface area contributed by atoms with Crippen LogP contribution in [-0.2, 0) is 27.6 Å². The zero-order chi connectivity index (χ0) is 21.4. The first kappa shape index (κ1) is 19.8. The lowest BCUT2D eigenvalue weighted by Crippen LogP contribution is -2.35. The summed E-state index contributed by atoms with van der Waals surface area (Å²) in [5, 5.41) is 10.6. The molecule has 0 fully saturated rings. The van der Waals surface area contributed by atoms with Crippen LogP contribution >= 0.6 is 23.4 Å². The van der Waals surface area contributed by atoms with E-state index >= 15 is 0 Å². The van der Waals surface area contributed by atoms with Crippen LogP contribution in [0.5, 0.6) is 11.5 Å². The molecule has 0 bridgehead atoms. The van der Waals surface area contributed by atoms with Crippen molar-refractivity contribution in [2.45, 2.75) is 18.1 Å². The van der Waals surface area contributed by atoms with E-state index in [0.29, 0.717) is 22.3 Å². The summed E-state index contributed by atoms with van der Waals surface area (Å²) in [7, 11) is 0. The third-order valence-electron chi connectivity index (χ3n) is 4.95. The first-order chi connectivity index (χ1) is 15.1. The van der Waals surface area contributed by atoms with E-state index in [0.717, 1.165) is 34.0 Å². The van der Waals surface area contributed by atoms with E-state index in [1.165, 1.54) is 0 Å². The molecule has 0 spiro atoms. The fourth-order valence-corrected chi connectivity index (χ4v) is 4.55. The average Bonchev–Trinajstić information content (AvgIpc) is 3.49. The third-order valence-corrected chi connectivity index (χ3v) is 6.17. The Bertz CT molecular complexity index is 1180. The van der Waals surface area contributed by atoms with Crippen LogP contribution in [0.3, 0.4) is 0 Å². The number of rotatable bonds is 4. The van der Waals surface area contributed by atoms with Gasteiger partial charge in [-0.1, -0.05) is 17.7 Å². The summed E-state index contributed by atoms with van der Waals surface area (Å²) in [5.74, 6) is 1.78. The van der Waals surface area contributed by atoms with Crippen LogP contribution in [0.2, 0.25) is 5.02 Å². The van der Waals surface area contributed by atoms with Gasteiger partial charge in [0.05, 0.1) is 11.4 Å². The minimum Gasteiger partial charge on any atom is -0.454 e. The number of amides is 2. The second kappa shape index (κ2) is 8.16. The van der Waals surface area contributed by atoms with Crippen molar-refractivity contribution in [3.8, 4) is 17.2 Å². The number of thioether (sulfide) groups is 1. The number of halogens is 1. The summed E-state index contributed by atoms with van der Waals surface area (Å²) in [6.07, 6.45) is 0. The Kier molecular flexibility index (Phi) is 5.21. The van der Waals surface area contributed by atoms with Gasteiger partial charge in [-0.15, -0.1) is 0 Å². The predicted octanol–water partition coefficient (Wildman–Crippen LogP) is 3.26. The Morgan fingerprint density at radius 2 is 1.87 bits per heavy atom. The molecule has 0 aliphatic carbocycles. The predicted molar refractivity (Wildman–Crippen MR) is 117 cm³/mol. The van der Waals surface area contributed by atoms with Gasteiger partial charge in [0.15, 0.2) is 11.5 Å². The van der Waals surface area contributed by atoms with E-state index in [9.17, 15) is 9.59 Å². The van der Waals surface area contributed by atoms with E-state index in [2.05, 4.69) is 15.7 Å². The SMILES string of the molecule is O=C(NCc1ccc2c(c1)OCO2)C(=O)Nc1c2c(nn1-c1ccc(Cl)cc1)CSC2. The normalized spacial score (nSPS) is 13.7. The maximum absolute atomic E-state index is 12.6. The number of hydrogen-bond donors (Lipinski definition) is 2. The van der Waals surface area contributed by atoms with Crippen molar-refractivity contribution in [1.82, 2.24) is 15.1 Å². The Morgan fingerprint density at radius 3 is 2.71 bits per heavy atom. The first-order valence-electron chi connectivity index (χ1n) is 9.50. The molecule has 2 N–H and O–H groups in total. The molecule has 3 aromatic rings. The van der Waals surface area contributed by atoms with Crippen LogP contribution in [0.25, 0.3) is 5.69 Å². The highest BCUT2D eigenvalue weighted by atomic mass is 35.5. The molecule has 2 aliphatic rings. The summed E-state index contributed by atoms with van der Waals surface area (Å²) in [4.78, 5) is 25.1. The quantitative estimate of drug-likeness (QED) is 0.585. The molecule has 0 saturated heterocycles. The maximum atomic E-state index is 12.6. The number of carbonyl (C=O) groups excluding carboxylic acids is 2. The molecule has 158 valence electrons. The van der Waals surface area contributed by atoms with Crippen LogP contribution in [0, 0.1) is 0 Å². The zero-order valence-corrected chi connectivity index (χ0v) is 17.8. The monoisotopic (exact) mass is 456 g/mol. The number of anilines is 1. The minimum atomic E-state index is -0.754. The highest BCUT2D eigenvalue weighted by Gasteiger charge is 2.26. The van der Waals surface area contributed by atoms with Crippen molar-refractivity contribution >= 4 is 41.0 Å². The minimum absolute atomic E-state index is 0.178. The smallest absolute Gasteiger partial charge is 0.314 e. The van der Waals surface area contributed by atoms with Gasteiger partial charge in [0, 0.05) is 28.6 Å². The van der Waals surface area contributed by atoms with Gasteiger partial charge < -0.3 is 20.1 Å². The lowest BCUT2D eigenvalue weighted by Gasteiger charge is -2.11. The molecule has 8 nitrogen and oxygen atoms in total. The number of fused-ring (bicyclic) bond motifs is 2. The molecule has 0 saturated carbocycles. The van der Waals surface area contributed by atoms with Crippen LogP contribution in [0.15, 0.2) is 42.5 Å². The Hall–Kier alpha value is -3.17. The topological polar surface area (TPSA) is 94.5 Å². The van der Waals surface area contributed by atoms with Crippen molar-refractivity contribution in [3.63, 3.8) is 0 Å². The van der Waals surface area contributed by atoms with E-state index in [1.54, 1.807) is 40.7 Å². The van der Waals surface area contributed by atoms with Crippen molar-refractivity contribution in [3.05, 3.63) is 64.3 Å². The molecule has 0 unspecified atom stereocenters. The van der Waals surface area contributed by atoms with Gasteiger partial charge in [-0.25, -0.2) is 4.68 Å². The molecular weight excluding hydrogens is 440 g/mol. The van der Waals surface area contributed by atoms with Gasteiger partial charge in [0.1, 0.15) is 5.82 Å². The fourth-order valence-electron chi connectivity index (χ4n) is 3.39. The number of hydrogen-bond acceptors (Lipinski definition) is 6. The molecule has 2 amide bonds. The van der Waals surface area contributed by atoms with Crippen LogP contribution in [-0.4, -0.2) is 28.4 Å². The molecule has 5 rings (SSSR count). The molecule has 10 heteroatoms. The van der Waals surface area contributed by atoms with Gasteiger partial charge in [0.2, 0.25) is 6.79 Å². The van der Waals surface area contributed by atoms with Gasteiger partial charge in [0.25, 0.3) is 0 Å². The standard InChI is InChI=1S/C21H17ClN4O4S/c22-13-2-4-14(5-3-13)26-19(15-9-31-10-16(15)25-26)24-21(28)20(27)23-8-12-1-6-17-18(7-12)30-11-29-17/h1-7H,8-11H2,(H,23,27)(H,24,28). The van der Waals surface area contributed by atoms with E-state index < -0.39 is 11.8 Å². The molecule has 0 radical (unpaired) electrons. The summed E-state index contributed by atoms with van der Waals surface area (Å²) in [5.41, 5.74) is 3.38. The molecular formula is C21H17ClN4O4S. The highest BCUT2D eigenvalue weighted by molar-refractivity contribution is 7.98. The second-order valence-corrected chi connectivity index (χ2v) is 8.40. The third kappa shape index (κ3) is 3.94. The summed E-state index contributed by atoms with van der Waals surface area (Å²) in [6, 6.07) is 12.5. The Balaban J connectivity index is 1.30. The zero-order valence-electron chi connectivity index (χ0n) is 16.2. The molecule has 0 atom stereocenters. The van der Waals surface area contributed by atoms with Crippen LogP contribution < -0.4 is 20.1 Å². The molecule has 2 aliphatic heterocycles. The fraction of sp³-hybridized carbons (Fsp3) is 0.190. The number of benzene rings is 2. The first-order valence-corrected chi connectivity index (χ1v) is 11.0. The second-order valence-electron chi connectivity index (χ2n) is 6.98. The van der Waals surface area contributed by atoms with Gasteiger partial charge in [-0.3, -0.25) is 9.59 Å². The highest BCUT2D eigenvalue weighted by Crippen LogP contribution is 2.36. The van der Waals surface area contributed by atoms with E-state index in [4.69, 9.17) is 21.1 Å². The average molecular weight is 457 g/mol. The summed E-state index contributed by atoms with van der Waals surface area (Å²) < 4.78 is 12.3. The van der Waals surface area contributed by atoms with Gasteiger partial charge >= 0.3 is 11.8 Å². The number of ether oxygens (including phenoxy) is 2. The van der Waals surface area contributed by atoms with Crippen molar-refractivity contribution in [2.75, 3.05) is 12.1 Å². The van der Waals surface area contributed by atoms with Gasteiger partial charge in [-0.2, -0.15) is 16.9 Å². The van der Waals surface area contributed by atoms with E-state index in [1.807, 2.05) is 18.2 Å². The van der Waals surface area contributed by atoms with Crippen LogP contribution in [0.1, 0.15) is 16.8 Å². The number of nitrogens with one attached hydrogen (secondary N) is 2. The largest absolute Gasteiger partial charge is 0.454 e. The maximum Gasteiger partial charge on any atom is 0.314 e. The number of aromatic nitrogens is 2. The lowest BCUT2D eigenvalue weighted by molar-refractivity contribution is -0.136. The van der Waals surface area contributed by atoms with Crippen LogP contribution in [0.4, 0.5) is 5.82 Å². The Labute approximate surface area is 186 Å². The number of carbonyl (C=O) groups is 2. The summed E-state index contributed by atoms with van der Waals surface area (Å²) >= 11 is 7.70. The lowest BCUT2D eigenvalue weighted by atomic mass is 10.2. The summed E-state index contributed by atoms with van der Waals surface area (Å²) in [6.45, 7) is 0.366. The molecule has 31 heavy (non-hydrogen) atoms. The molecule has 1 aromatic heterocycles. The molecule has 3 heterocycles. The van der Waals surface area contributed by atoms with E-state index in [-0.39, 0.29) is 13.3 Å². The number of nitrogens with zero attached hydrogens (tertiary/aromatic N) is 2. The Morgan fingerprint density at radius 1 is 1.06 bits per heavy atom. The van der Waals surface area contributed by atoms with Crippen molar-refractivity contribution in [1.29, 1.82) is 0 Å². The van der Waals surface area contributed by atoms with Crippen molar-refractivity contribution in [2.24, 2.45) is 0 Å². The van der Waals surface area contributed by atoms with Gasteiger partial charge in [-0.05, 0) is 42.0 Å². The van der Waals surface area contributed by atoms with Crippen molar-refractivity contribution < 1.29 is 19.1 Å².